The van der Waals surface area contributed by atoms with Crippen LogP contribution >= 0.6 is 11.6 Å². The van der Waals surface area contributed by atoms with Crippen LogP contribution < -0.4 is 10.2 Å². The van der Waals surface area contributed by atoms with Crippen molar-refractivity contribution in [3.63, 3.8) is 0 Å². The summed E-state index contributed by atoms with van der Waals surface area (Å²) in [5, 5.41) is 2.84. The van der Waals surface area contributed by atoms with Crippen molar-refractivity contribution in [1.82, 2.24) is 5.32 Å². The van der Waals surface area contributed by atoms with Gasteiger partial charge in [-0.15, -0.1) is 0 Å². The van der Waals surface area contributed by atoms with Gasteiger partial charge in [-0.05, 0) is 17.5 Å². The van der Waals surface area contributed by atoms with Gasteiger partial charge in [0, 0.05) is 12.1 Å². The minimum atomic E-state index is -0.582. The van der Waals surface area contributed by atoms with Crippen LogP contribution in [0.25, 0.3) is 0 Å². The van der Waals surface area contributed by atoms with E-state index in [4.69, 9.17) is 11.6 Å². The van der Waals surface area contributed by atoms with E-state index in [-0.39, 0.29) is 17.2 Å². The number of carbonyl (C=O) groups is 2. The number of nitrogens with zero attached hydrogens (tertiary/aromatic N) is 1. The predicted octanol–water partition coefficient (Wildman–Crippen LogP) is 2.93. The summed E-state index contributed by atoms with van der Waals surface area (Å²) in [6.45, 7) is 6.13. The van der Waals surface area contributed by atoms with Crippen molar-refractivity contribution in [2.45, 2.75) is 26.8 Å². The van der Waals surface area contributed by atoms with Crippen LogP contribution in [-0.4, -0.2) is 24.4 Å². The molecule has 0 bridgehead atoms. The molecule has 1 unspecified atom stereocenters. The van der Waals surface area contributed by atoms with Gasteiger partial charge in [-0.2, -0.15) is 0 Å². The molecule has 1 aliphatic rings. The van der Waals surface area contributed by atoms with Gasteiger partial charge in [0.05, 0.1) is 11.3 Å². The molecule has 0 aromatic heterocycles. The molecule has 1 heterocycles. The van der Waals surface area contributed by atoms with Gasteiger partial charge in [0.2, 0.25) is 5.91 Å². The quantitative estimate of drug-likeness (QED) is 0.913. The Morgan fingerprint density at radius 3 is 2.57 bits per heavy atom. The number of nitrogens with one attached hydrogen (secondary N) is 1. The van der Waals surface area contributed by atoms with E-state index in [1.54, 1.807) is 29.2 Å². The molecule has 0 fully saturated rings. The third kappa shape index (κ3) is 3.10. The van der Waals surface area contributed by atoms with E-state index in [1.807, 2.05) is 26.8 Å². The van der Waals surface area contributed by atoms with Crippen LogP contribution in [0.1, 0.15) is 31.1 Å². The topological polar surface area (TPSA) is 49.4 Å². The summed E-state index contributed by atoms with van der Waals surface area (Å²) in [4.78, 5) is 26.8. The highest BCUT2D eigenvalue weighted by Crippen LogP contribution is 2.29. The molecule has 0 saturated carbocycles. The van der Waals surface area contributed by atoms with E-state index in [0.717, 1.165) is 0 Å². The zero-order valence-electron chi connectivity index (χ0n) is 12.4. The average Bonchev–Trinajstić information content (AvgIpc) is 2.53. The number of para-hydroxylation sites is 1. The number of fused-ring (bicyclic) bond motifs is 1. The van der Waals surface area contributed by atoms with Crippen LogP contribution in [0, 0.1) is 5.41 Å². The number of hydrogen-bond acceptors (Lipinski definition) is 2. The molecule has 1 aliphatic heterocycles. The maximum absolute atomic E-state index is 12.8. The van der Waals surface area contributed by atoms with Gasteiger partial charge in [0.1, 0.15) is 6.04 Å². The second-order valence-corrected chi connectivity index (χ2v) is 6.35. The molecule has 2 rings (SSSR count). The normalized spacial score (nSPS) is 19.4. The zero-order chi connectivity index (χ0) is 15.6. The van der Waals surface area contributed by atoms with Gasteiger partial charge in [-0.3, -0.25) is 9.59 Å². The Morgan fingerprint density at radius 2 is 1.95 bits per heavy atom. The molecule has 2 amide bonds. The molecule has 1 aromatic carbocycles. The Bertz CT molecular complexity index is 590. The maximum atomic E-state index is 12.8. The monoisotopic (exact) mass is 306 g/mol. The third-order valence-corrected chi connectivity index (χ3v) is 3.65. The molecule has 21 heavy (non-hydrogen) atoms. The van der Waals surface area contributed by atoms with E-state index in [1.165, 1.54) is 5.54 Å². The van der Waals surface area contributed by atoms with E-state index in [0.29, 0.717) is 17.8 Å². The lowest BCUT2D eigenvalue weighted by Crippen LogP contribution is -2.52. The molecule has 5 heteroatoms. The van der Waals surface area contributed by atoms with Crippen LogP contribution in [-0.2, 0) is 4.79 Å². The predicted molar refractivity (Wildman–Crippen MR) is 84.5 cm³/mol. The molecule has 0 saturated heterocycles. The van der Waals surface area contributed by atoms with Gasteiger partial charge in [0.15, 0.2) is 0 Å². The number of rotatable bonds is 2. The Kier molecular flexibility index (Phi) is 4.37. The second-order valence-electron chi connectivity index (χ2n) is 6.10. The summed E-state index contributed by atoms with van der Waals surface area (Å²) in [6, 6.07) is 6.52. The van der Waals surface area contributed by atoms with Gasteiger partial charge >= 0.3 is 0 Å². The Hall–Kier alpha value is -1.81. The third-order valence-electron chi connectivity index (χ3n) is 3.47. The fourth-order valence-corrected chi connectivity index (χ4v) is 2.45. The van der Waals surface area contributed by atoms with Gasteiger partial charge in [-0.25, -0.2) is 0 Å². The SMILES string of the molecule is CC(C)(C)C1NC(=O)c2ccccc2N(C/C=C/Cl)C1=O. The second kappa shape index (κ2) is 5.90. The van der Waals surface area contributed by atoms with Crippen molar-refractivity contribution in [3.8, 4) is 0 Å². The first-order valence-corrected chi connectivity index (χ1v) is 7.26. The highest BCUT2D eigenvalue weighted by molar-refractivity contribution is 6.25. The first kappa shape index (κ1) is 15.6. The van der Waals surface area contributed by atoms with Crippen molar-refractivity contribution < 1.29 is 9.59 Å². The van der Waals surface area contributed by atoms with Crippen LogP contribution in [0.15, 0.2) is 35.9 Å². The molecule has 0 spiro atoms. The molecule has 0 aliphatic carbocycles. The fourth-order valence-electron chi connectivity index (χ4n) is 2.37. The summed E-state index contributed by atoms with van der Waals surface area (Å²) < 4.78 is 0. The Morgan fingerprint density at radius 1 is 1.29 bits per heavy atom. The number of hydrogen-bond donors (Lipinski definition) is 1. The summed E-state index contributed by atoms with van der Waals surface area (Å²) in [7, 11) is 0. The zero-order valence-corrected chi connectivity index (χ0v) is 13.1. The molecular weight excluding hydrogens is 288 g/mol. The molecule has 1 aromatic rings. The average molecular weight is 307 g/mol. The van der Waals surface area contributed by atoms with Crippen molar-refractivity contribution in [2.24, 2.45) is 5.41 Å². The molecule has 4 nitrogen and oxygen atoms in total. The van der Waals surface area contributed by atoms with Gasteiger partial charge < -0.3 is 10.2 Å². The van der Waals surface area contributed by atoms with Crippen molar-refractivity contribution in [1.29, 1.82) is 0 Å². The minimum absolute atomic E-state index is 0.129. The fraction of sp³-hybridized carbons (Fsp3) is 0.375. The van der Waals surface area contributed by atoms with Crippen LogP contribution in [0.3, 0.4) is 0 Å². The molecule has 1 atom stereocenters. The van der Waals surface area contributed by atoms with Crippen molar-refractivity contribution in [3.05, 3.63) is 41.4 Å². The standard InChI is InChI=1S/C16H19ClN2O2/c1-16(2,3)13-15(21)19(10-6-9-17)12-8-5-4-7-11(12)14(20)18-13/h4-9,13H,10H2,1-3H3,(H,18,20)/b9-6+. The van der Waals surface area contributed by atoms with Crippen LogP contribution in [0.4, 0.5) is 5.69 Å². The highest BCUT2D eigenvalue weighted by atomic mass is 35.5. The molecule has 112 valence electrons. The number of halogens is 1. The van der Waals surface area contributed by atoms with Crippen molar-refractivity contribution >= 4 is 29.1 Å². The molecular formula is C16H19ClN2O2. The lowest BCUT2D eigenvalue weighted by Gasteiger charge is -2.32. The maximum Gasteiger partial charge on any atom is 0.254 e. The molecule has 1 N–H and O–H groups in total. The number of benzene rings is 1. The summed E-state index contributed by atoms with van der Waals surface area (Å²) in [5.74, 6) is -0.355. The lowest BCUT2D eigenvalue weighted by molar-refractivity contribution is -0.122. The summed E-state index contributed by atoms with van der Waals surface area (Å²) in [6.07, 6.45) is 1.69. The smallest absolute Gasteiger partial charge is 0.254 e. The Balaban J connectivity index is 2.54. The van der Waals surface area contributed by atoms with Gasteiger partial charge in [-0.1, -0.05) is 50.6 Å². The number of anilines is 1. The first-order chi connectivity index (χ1) is 9.86. The van der Waals surface area contributed by atoms with Gasteiger partial charge in [0.25, 0.3) is 5.91 Å². The lowest BCUT2D eigenvalue weighted by atomic mass is 9.86. The minimum Gasteiger partial charge on any atom is -0.340 e. The Labute approximate surface area is 129 Å². The van der Waals surface area contributed by atoms with E-state index >= 15 is 0 Å². The van der Waals surface area contributed by atoms with E-state index < -0.39 is 6.04 Å². The number of amides is 2. The number of carbonyl (C=O) groups excluding carboxylic acids is 2. The van der Waals surface area contributed by atoms with E-state index in [9.17, 15) is 9.59 Å². The highest BCUT2D eigenvalue weighted by Gasteiger charge is 2.39. The van der Waals surface area contributed by atoms with E-state index in [2.05, 4.69) is 5.32 Å². The summed E-state index contributed by atoms with van der Waals surface area (Å²) in [5.41, 5.74) is 2.11. The largest absolute Gasteiger partial charge is 0.340 e. The van der Waals surface area contributed by atoms with Crippen molar-refractivity contribution in [2.75, 3.05) is 11.4 Å². The summed E-state index contributed by atoms with van der Waals surface area (Å²) >= 11 is 5.59. The van der Waals surface area contributed by atoms with Crippen LogP contribution in [0.2, 0.25) is 0 Å². The van der Waals surface area contributed by atoms with Crippen LogP contribution in [0.5, 0.6) is 0 Å². The first-order valence-electron chi connectivity index (χ1n) is 6.82. The molecule has 0 radical (unpaired) electrons.